The molecule has 1 fully saturated rings. The van der Waals surface area contributed by atoms with Crippen LogP contribution in [0.2, 0.25) is 0 Å². The predicted molar refractivity (Wildman–Crippen MR) is 58.7 cm³/mol. The van der Waals surface area contributed by atoms with Crippen molar-refractivity contribution in [3.05, 3.63) is 24.0 Å². The van der Waals surface area contributed by atoms with Crippen LogP contribution in [0.1, 0.15) is 29.4 Å². The maximum Gasteiger partial charge on any atom is 0.270 e. The Kier molecular flexibility index (Phi) is 2.77. The highest BCUT2D eigenvalue weighted by Crippen LogP contribution is 2.36. The zero-order valence-corrected chi connectivity index (χ0v) is 9.02. The minimum atomic E-state index is 0.0670. The molecule has 1 saturated carbocycles. The molecule has 2 N–H and O–H groups in total. The van der Waals surface area contributed by atoms with E-state index in [1.807, 2.05) is 18.3 Å². The third kappa shape index (κ3) is 2.04. The number of carbonyl (C=O) groups is 1. The summed E-state index contributed by atoms with van der Waals surface area (Å²) in [4.78, 5) is 13.7. The maximum atomic E-state index is 12.0. The van der Waals surface area contributed by atoms with E-state index in [1.165, 1.54) is 12.8 Å². The van der Waals surface area contributed by atoms with Gasteiger partial charge in [0.2, 0.25) is 0 Å². The zero-order chi connectivity index (χ0) is 10.8. The summed E-state index contributed by atoms with van der Waals surface area (Å²) in [6, 6.07) is 4.36. The number of rotatable bonds is 4. The minimum absolute atomic E-state index is 0.0670. The van der Waals surface area contributed by atoms with Gasteiger partial charge in [-0.25, -0.2) is 0 Å². The van der Waals surface area contributed by atoms with Crippen molar-refractivity contribution < 1.29 is 4.79 Å². The number of hydrogen-bond acceptors (Lipinski definition) is 2. The van der Waals surface area contributed by atoms with Crippen molar-refractivity contribution >= 4 is 5.91 Å². The molecular formula is C11H17N3O. The fourth-order valence-corrected chi connectivity index (χ4v) is 1.74. The van der Waals surface area contributed by atoms with E-state index >= 15 is 0 Å². The summed E-state index contributed by atoms with van der Waals surface area (Å²) in [6.45, 7) is 1.11. The summed E-state index contributed by atoms with van der Waals surface area (Å²) >= 11 is 0. The van der Waals surface area contributed by atoms with Crippen LogP contribution in [0, 0.1) is 0 Å². The highest BCUT2D eigenvalue weighted by atomic mass is 16.2. The average molecular weight is 207 g/mol. The van der Waals surface area contributed by atoms with Crippen molar-refractivity contribution in [2.75, 3.05) is 20.1 Å². The molecule has 1 aliphatic carbocycles. The second kappa shape index (κ2) is 4.06. The summed E-state index contributed by atoms with van der Waals surface area (Å²) in [6.07, 6.45) is 4.37. The molecule has 1 heterocycles. The van der Waals surface area contributed by atoms with Crippen LogP contribution in [0.25, 0.3) is 0 Å². The van der Waals surface area contributed by atoms with Crippen molar-refractivity contribution in [3.8, 4) is 0 Å². The summed E-state index contributed by atoms with van der Waals surface area (Å²) < 4.78 is 2.08. The topological polar surface area (TPSA) is 51.3 Å². The van der Waals surface area contributed by atoms with Crippen LogP contribution >= 0.6 is 0 Å². The van der Waals surface area contributed by atoms with Crippen molar-refractivity contribution in [3.63, 3.8) is 0 Å². The maximum absolute atomic E-state index is 12.0. The second-order valence-electron chi connectivity index (χ2n) is 4.05. The summed E-state index contributed by atoms with van der Waals surface area (Å²) in [5, 5.41) is 0. The molecule has 4 nitrogen and oxygen atoms in total. The van der Waals surface area contributed by atoms with Gasteiger partial charge in [-0.3, -0.25) is 4.79 Å². The fourth-order valence-electron chi connectivity index (χ4n) is 1.74. The van der Waals surface area contributed by atoms with Gasteiger partial charge < -0.3 is 15.2 Å². The van der Waals surface area contributed by atoms with E-state index in [9.17, 15) is 4.79 Å². The van der Waals surface area contributed by atoms with Crippen LogP contribution in [-0.2, 0) is 0 Å². The molecule has 0 atom stereocenters. The van der Waals surface area contributed by atoms with E-state index in [-0.39, 0.29) is 5.91 Å². The van der Waals surface area contributed by atoms with Gasteiger partial charge in [0.15, 0.2) is 0 Å². The Morgan fingerprint density at radius 3 is 3.00 bits per heavy atom. The molecule has 0 radical (unpaired) electrons. The van der Waals surface area contributed by atoms with Crippen LogP contribution in [0.5, 0.6) is 0 Å². The van der Waals surface area contributed by atoms with Gasteiger partial charge in [-0.05, 0) is 25.0 Å². The Hall–Kier alpha value is -1.29. The normalized spacial score (nSPS) is 15.3. The van der Waals surface area contributed by atoms with Crippen LogP contribution in [0.4, 0.5) is 0 Å². The highest BCUT2D eigenvalue weighted by Gasteiger charge is 2.27. The van der Waals surface area contributed by atoms with E-state index < -0.39 is 0 Å². The third-order valence-electron chi connectivity index (χ3n) is 2.75. The van der Waals surface area contributed by atoms with Gasteiger partial charge in [-0.1, -0.05) is 0 Å². The first kappa shape index (κ1) is 10.2. The Morgan fingerprint density at radius 1 is 1.67 bits per heavy atom. The summed E-state index contributed by atoms with van der Waals surface area (Å²) in [5.74, 6) is 0.0670. The van der Waals surface area contributed by atoms with Crippen LogP contribution in [0.3, 0.4) is 0 Å². The largest absolute Gasteiger partial charge is 0.340 e. The standard InChI is InChI=1S/C11H17N3O/c1-13(8-6-12)11(15)10-3-2-7-14(10)9-4-5-9/h2-3,7,9H,4-6,8,12H2,1H3. The van der Waals surface area contributed by atoms with Crippen molar-refractivity contribution in [1.29, 1.82) is 0 Å². The van der Waals surface area contributed by atoms with E-state index in [1.54, 1.807) is 11.9 Å². The van der Waals surface area contributed by atoms with Crippen molar-refractivity contribution in [2.24, 2.45) is 5.73 Å². The SMILES string of the molecule is CN(CCN)C(=O)c1cccn1C1CC1. The Labute approximate surface area is 89.7 Å². The molecule has 1 aromatic heterocycles. The first-order valence-electron chi connectivity index (χ1n) is 5.36. The zero-order valence-electron chi connectivity index (χ0n) is 9.02. The molecule has 0 spiro atoms. The van der Waals surface area contributed by atoms with Crippen molar-refractivity contribution in [2.45, 2.75) is 18.9 Å². The molecule has 1 aliphatic rings. The summed E-state index contributed by atoms with van der Waals surface area (Å²) in [7, 11) is 1.79. The molecule has 4 heteroatoms. The number of amides is 1. The molecule has 15 heavy (non-hydrogen) atoms. The fraction of sp³-hybridized carbons (Fsp3) is 0.545. The third-order valence-corrected chi connectivity index (χ3v) is 2.75. The molecular weight excluding hydrogens is 190 g/mol. The number of nitrogens with two attached hydrogens (primary N) is 1. The molecule has 0 saturated heterocycles. The van der Waals surface area contributed by atoms with E-state index in [0.29, 0.717) is 19.1 Å². The Balaban J connectivity index is 2.13. The lowest BCUT2D eigenvalue weighted by Gasteiger charge is -2.17. The van der Waals surface area contributed by atoms with Crippen LogP contribution < -0.4 is 5.73 Å². The highest BCUT2D eigenvalue weighted by molar-refractivity contribution is 5.92. The molecule has 0 aromatic carbocycles. The molecule has 2 rings (SSSR count). The molecule has 82 valence electrons. The number of carbonyl (C=O) groups excluding carboxylic acids is 1. The van der Waals surface area contributed by atoms with Gasteiger partial charge in [0.25, 0.3) is 5.91 Å². The van der Waals surface area contributed by atoms with Crippen LogP contribution in [0.15, 0.2) is 18.3 Å². The van der Waals surface area contributed by atoms with E-state index in [4.69, 9.17) is 5.73 Å². The minimum Gasteiger partial charge on any atom is -0.340 e. The van der Waals surface area contributed by atoms with Gasteiger partial charge in [0.05, 0.1) is 0 Å². The number of hydrogen-bond donors (Lipinski definition) is 1. The number of aromatic nitrogens is 1. The summed E-state index contributed by atoms with van der Waals surface area (Å²) in [5.41, 5.74) is 6.22. The molecule has 0 aliphatic heterocycles. The lowest BCUT2D eigenvalue weighted by atomic mass is 10.3. The molecule has 1 amide bonds. The molecule has 0 unspecified atom stereocenters. The smallest absolute Gasteiger partial charge is 0.270 e. The van der Waals surface area contributed by atoms with Gasteiger partial charge in [0, 0.05) is 32.4 Å². The predicted octanol–water partition coefficient (Wildman–Crippen LogP) is 0.854. The monoisotopic (exact) mass is 207 g/mol. The number of nitrogens with zero attached hydrogens (tertiary/aromatic N) is 2. The number of likely N-dealkylation sites (N-methyl/N-ethyl adjacent to an activating group) is 1. The van der Waals surface area contributed by atoms with Gasteiger partial charge >= 0.3 is 0 Å². The van der Waals surface area contributed by atoms with E-state index in [2.05, 4.69) is 4.57 Å². The first-order valence-corrected chi connectivity index (χ1v) is 5.36. The Bertz CT molecular complexity index is 354. The average Bonchev–Trinajstić information content (AvgIpc) is 2.96. The van der Waals surface area contributed by atoms with E-state index in [0.717, 1.165) is 5.69 Å². The lowest BCUT2D eigenvalue weighted by Crippen LogP contribution is -2.32. The van der Waals surface area contributed by atoms with Crippen molar-refractivity contribution in [1.82, 2.24) is 9.47 Å². The van der Waals surface area contributed by atoms with Crippen LogP contribution in [-0.4, -0.2) is 35.5 Å². The first-order chi connectivity index (χ1) is 7.24. The molecule has 0 bridgehead atoms. The van der Waals surface area contributed by atoms with Gasteiger partial charge in [0.1, 0.15) is 5.69 Å². The quantitative estimate of drug-likeness (QED) is 0.796. The molecule has 1 aromatic rings. The van der Waals surface area contributed by atoms with Gasteiger partial charge in [-0.15, -0.1) is 0 Å². The lowest BCUT2D eigenvalue weighted by molar-refractivity contribution is 0.0788. The second-order valence-corrected chi connectivity index (χ2v) is 4.05. The Morgan fingerprint density at radius 2 is 2.40 bits per heavy atom. The van der Waals surface area contributed by atoms with Gasteiger partial charge in [-0.2, -0.15) is 0 Å².